The van der Waals surface area contributed by atoms with Gasteiger partial charge in [-0.3, -0.25) is 4.79 Å². The highest BCUT2D eigenvalue weighted by atomic mass is 32.1. The van der Waals surface area contributed by atoms with E-state index in [0.717, 1.165) is 71.1 Å². The number of aromatic nitrogens is 2. The Morgan fingerprint density at radius 1 is 1.08 bits per heavy atom. The maximum absolute atomic E-state index is 13.5. The van der Waals surface area contributed by atoms with Crippen LogP contribution in [0, 0.1) is 5.92 Å². The lowest BCUT2D eigenvalue weighted by Gasteiger charge is -2.36. The molecule has 2 aliphatic rings. The molecular formula is C30H34N4OS. The van der Waals surface area contributed by atoms with Crippen molar-refractivity contribution in [1.82, 2.24) is 14.9 Å². The summed E-state index contributed by atoms with van der Waals surface area (Å²) in [5.74, 6) is 3.25. The number of aryl methyl sites for hydroxylation is 1. The highest BCUT2D eigenvalue weighted by molar-refractivity contribution is 7.19. The van der Waals surface area contributed by atoms with Gasteiger partial charge in [0, 0.05) is 42.5 Å². The number of piperazine rings is 1. The lowest BCUT2D eigenvalue weighted by molar-refractivity contribution is 0.0748. The first-order valence-electron chi connectivity index (χ1n) is 13.4. The number of carbonyl (C=O) groups is 1. The van der Waals surface area contributed by atoms with Crippen LogP contribution in [0.5, 0.6) is 0 Å². The molecule has 6 heteroatoms. The predicted octanol–water partition coefficient (Wildman–Crippen LogP) is 6.45. The zero-order chi connectivity index (χ0) is 24.8. The van der Waals surface area contributed by atoms with Gasteiger partial charge >= 0.3 is 0 Å². The summed E-state index contributed by atoms with van der Waals surface area (Å²) in [5, 5.41) is 3.42. The molecule has 36 heavy (non-hydrogen) atoms. The van der Waals surface area contributed by atoms with E-state index in [9.17, 15) is 4.79 Å². The average Bonchev–Trinajstić information content (AvgIpc) is 3.28. The average molecular weight is 499 g/mol. The summed E-state index contributed by atoms with van der Waals surface area (Å²) in [4.78, 5) is 30.8. The number of carbonyl (C=O) groups excluding carboxylic acids is 1. The van der Waals surface area contributed by atoms with Crippen molar-refractivity contribution in [3.63, 3.8) is 0 Å². The molecule has 1 aliphatic heterocycles. The Morgan fingerprint density at radius 3 is 2.67 bits per heavy atom. The number of benzene rings is 2. The lowest BCUT2D eigenvalue weighted by Crippen LogP contribution is -2.49. The molecule has 1 amide bonds. The molecule has 0 spiro atoms. The molecule has 0 radical (unpaired) electrons. The fourth-order valence-electron chi connectivity index (χ4n) is 5.67. The van der Waals surface area contributed by atoms with E-state index in [0.29, 0.717) is 19.0 Å². The second kappa shape index (κ2) is 9.47. The van der Waals surface area contributed by atoms with Gasteiger partial charge < -0.3 is 9.80 Å². The Labute approximate surface area is 217 Å². The van der Waals surface area contributed by atoms with Crippen LogP contribution in [0.2, 0.25) is 0 Å². The van der Waals surface area contributed by atoms with Gasteiger partial charge in [-0.2, -0.15) is 0 Å². The molecule has 5 nitrogen and oxygen atoms in total. The summed E-state index contributed by atoms with van der Waals surface area (Å²) in [6.07, 6.45) is 4.54. The highest BCUT2D eigenvalue weighted by Gasteiger charge is 2.29. The van der Waals surface area contributed by atoms with Crippen LogP contribution in [0.4, 0.5) is 5.82 Å². The molecule has 1 fully saturated rings. The number of fused-ring (bicyclic) bond motifs is 4. The van der Waals surface area contributed by atoms with E-state index in [1.54, 1.807) is 0 Å². The normalized spacial score (nSPS) is 19.0. The molecule has 0 saturated carbocycles. The van der Waals surface area contributed by atoms with Crippen LogP contribution in [0.25, 0.3) is 21.0 Å². The number of amides is 1. The zero-order valence-corrected chi connectivity index (χ0v) is 22.3. The molecule has 1 aliphatic carbocycles. The predicted molar refractivity (Wildman–Crippen MR) is 149 cm³/mol. The second-order valence-electron chi connectivity index (χ2n) is 10.6. The number of thiophene rings is 1. The summed E-state index contributed by atoms with van der Waals surface area (Å²) in [6, 6.07) is 14.2. The number of rotatable bonds is 4. The summed E-state index contributed by atoms with van der Waals surface area (Å²) in [5.41, 5.74) is 2.28. The van der Waals surface area contributed by atoms with E-state index in [-0.39, 0.29) is 5.91 Å². The summed E-state index contributed by atoms with van der Waals surface area (Å²) in [6.45, 7) is 9.78. The van der Waals surface area contributed by atoms with Crippen molar-refractivity contribution in [2.75, 3.05) is 31.1 Å². The molecule has 4 aromatic rings. The molecule has 3 heterocycles. The molecule has 2 unspecified atom stereocenters. The van der Waals surface area contributed by atoms with Gasteiger partial charge in [0.05, 0.1) is 5.39 Å². The number of hydrogen-bond donors (Lipinski definition) is 0. The van der Waals surface area contributed by atoms with Gasteiger partial charge in [0.1, 0.15) is 16.5 Å². The van der Waals surface area contributed by atoms with Crippen molar-refractivity contribution in [1.29, 1.82) is 0 Å². The fourth-order valence-corrected chi connectivity index (χ4v) is 7.06. The number of hydrogen-bond acceptors (Lipinski definition) is 5. The Kier molecular flexibility index (Phi) is 6.16. The minimum Gasteiger partial charge on any atom is -0.352 e. The van der Waals surface area contributed by atoms with Gasteiger partial charge in [0.25, 0.3) is 5.91 Å². The van der Waals surface area contributed by atoms with Crippen LogP contribution in [-0.4, -0.2) is 47.0 Å². The third-order valence-electron chi connectivity index (χ3n) is 8.09. The quantitative estimate of drug-likeness (QED) is 0.325. The Morgan fingerprint density at radius 2 is 1.86 bits per heavy atom. The van der Waals surface area contributed by atoms with Crippen LogP contribution in [-0.2, 0) is 12.8 Å². The van der Waals surface area contributed by atoms with Crippen molar-refractivity contribution in [3.05, 3.63) is 64.3 Å². The van der Waals surface area contributed by atoms with E-state index in [4.69, 9.17) is 9.97 Å². The van der Waals surface area contributed by atoms with E-state index >= 15 is 0 Å². The van der Waals surface area contributed by atoms with Gasteiger partial charge in [0.2, 0.25) is 0 Å². The maximum Gasteiger partial charge on any atom is 0.254 e. The standard InChI is InChI=1S/C30H34N4OS/c1-4-20(3)27-31-28(26-24-13-12-19(2)18-25(24)36-29(26)32-27)33-14-16-34(17-15-33)30(35)23-11-7-9-21-8-5-6-10-22(21)23/h5-11,19-20H,4,12-18H2,1-3H3. The van der Waals surface area contributed by atoms with Crippen LogP contribution in [0.15, 0.2) is 42.5 Å². The minimum atomic E-state index is 0.126. The van der Waals surface area contributed by atoms with Gasteiger partial charge in [0.15, 0.2) is 0 Å². The van der Waals surface area contributed by atoms with Gasteiger partial charge in [-0.25, -0.2) is 9.97 Å². The minimum absolute atomic E-state index is 0.126. The van der Waals surface area contributed by atoms with Crippen molar-refractivity contribution in [3.8, 4) is 0 Å². The van der Waals surface area contributed by atoms with E-state index in [1.807, 2.05) is 46.6 Å². The van der Waals surface area contributed by atoms with Crippen molar-refractivity contribution in [2.24, 2.45) is 5.92 Å². The maximum atomic E-state index is 13.5. The second-order valence-corrected chi connectivity index (χ2v) is 11.6. The van der Waals surface area contributed by atoms with Crippen LogP contribution >= 0.6 is 11.3 Å². The first-order chi connectivity index (χ1) is 17.5. The third-order valence-corrected chi connectivity index (χ3v) is 9.24. The molecular weight excluding hydrogens is 464 g/mol. The monoisotopic (exact) mass is 498 g/mol. The molecule has 2 atom stereocenters. The SMILES string of the molecule is CCC(C)c1nc(N2CCN(C(=O)c3cccc4ccccc34)CC2)c2c3c(sc2n1)CC(C)CC3. The van der Waals surface area contributed by atoms with Gasteiger partial charge in [-0.05, 0) is 54.0 Å². The molecule has 2 aromatic carbocycles. The Bertz CT molecular complexity index is 1430. The highest BCUT2D eigenvalue weighted by Crippen LogP contribution is 2.42. The molecule has 186 valence electrons. The third kappa shape index (κ3) is 4.05. The lowest BCUT2D eigenvalue weighted by atomic mass is 9.89. The van der Waals surface area contributed by atoms with Gasteiger partial charge in [-0.15, -0.1) is 11.3 Å². The molecule has 1 saturated heterocycles. The van der Waals surface area contributed by atoms with Crippen molar-refractivity contribution >= 4 is 44.1 Å². The molecule has 2 aromatic heterocycles. The fraction of sp³-hybridized carbons (Fsp3) is 0.433. The molecule has 0 N–H and O–H groups in total. The van der Waals surface area contributed by atoms with E-state index < -0.39 is 0 Å². The zero-order valence-electron chi connectivity index (χ0n) is 21.5. The summed E-state index contributed by atoms with van der Waals surface area (Å²) < 4.78 is 0. The number of anilines is 1. The van der Waals surface area contributed by atoms with Crippen molar-refractivity contribution in [2.45, 2.75) is 52.4 Å². The van der Waals surface area contributed by atoms with Crippen LogP contribution in [0.1, 0.15) is 66.2 Å². The van der Waals surface area contributed by atoms with Crippen LogP contribution < -0.4 is 4.90 Å². The largest absolute Gasteiger partial charge is 0.352 e. The first-order valence-corrected chi connectivity index (χ1v) is 14.2. The smallest absolute Gasteiger partial charge is 0.254 e. The van der Waals surface area contributed by atoms with E-state index in [2.05, 4.69) is 37.8 Å². The first kappa shape index (κ1) is 23.4. The Balaban J connectivity index is 1.31. The Hall–Kier alpha value is -2.99. The van der Waals surface area contributed by atoms with Crippen LogP contribution in [0.3, 0.4) is 0 Å². The summed E-state index contributed by atoms with van der Waals surface area (Å²) >= 11 is 1.89. The van der Waals surface area contributed by atoms with Gasteiger partial charge in [-0.1, -0.05) is 57.2 Å². The topological polar surface area (TPSA) is 49.3 Å². The van der Waals surface area contributed by atoms with E-state index in [1.165, 1.54) is 22.2 Å². The molecule has 0 bridgehead atoms. The molecule has 6 rings (SSSR count). The van der Waals surface area contributed by atoms with Crippen molar-refractivity contribution < 1.29 is 4.79 Å². The summed E-state index contributed by atoms with van der Waals surface area (Å²) in [7, 11) is 0. The number of nitrogens with zero attached hydrogens (tertiary/aromatic N) is 4.